The summed E-state index contributed by atoms with van der Waals surface area (Å²) in [6, 6.07) is 9.19. The minimum Gasteiger partial charge on any atom is -0.507 e. The van der Waals surface area contributed by atoms with E-state index in [1.165, 1.54) is 33.3 Å². The molecule has 0 radical (unpaired) electrons. The first-order valence-corrected chi connectivity index (χ1v) is 12.0. The van der Waals surface area contributed by atoms with Gasteiger partial charge in [0, 0.05) is 31.7 Å². The highest BCUT2D eigenvalue weighted by molar-refractivity contribution is 6.46. The molecule has 10 nitrogen and oxygen atoms in total. The van der Waals surface area contributed by atoms with Gasteiger partial charge in [-0.2, -0.15) is 0 Å². The Hall–Kier alpha value is -3.76. The van der Waals surface area contributed by atoms with Gasteiger partial charge >= 0.3 is 0 Å². The number of amides is 1. The van der Waals surface area contributed by atoms with E-state index >= 15 is 0 Å². The maximum Gasteiger partial charge on any atom is 0.295 e. The lowest BCUT2D eigenvalue weighted by molar-refractivity contribution is -0.140. The third kappa shape index (κ3) is 5.21. The quantitative estimate of drug-likeness (QED) is 0.308. The minimum atomic E-state index is -0.825. The van der Waals surface area contributed by atoms with Crippen LogP contribution in [0.5, 0.6) is 23.0 Å². The number of carbonyl (C=O) groups excluding carboxylic acids is 2. The van der Waals surface area contributed by atoms with Gasteiger partial charge in [0.15, 0.2) is 23.0 Å². The van der Waals surface area contributed by atoms with Crippen LogP contribution in [-0.2, 0) is 14.3 Å². The molecular weight excluding hydrogens is 480 g/mol. The van der Waals surface area contributed by atoms with Gasteiger partial charge in [-0.25, -0.2) is 0 Å². The molecule has 4 rings (SSSR count). The summed E-state index contributed by atoms with van der Waals surface area (Å²) < 4.78 is 26.9. The lowest BCUT2D eigenvalue weighted by Crippen LogP contribution is -2.42. The number of hydrogen-bond acceptors (Lipinski definition) is 9. The average Bonchev–Trinajstić information content (AvgIpc) is 3.20. The molecule has 2 aromatic carbocycles. The van der Waals surface area contributed by atoms with E-state index in [1.54, 1.807) is 36.4 Å². The van der Waals surface area contributed by atoms with E-state index in [0.717, 1.165) is 13.1 Å². The van der Waals surface area contributed by atoms with Crippen LogP contribution < -0.4 is 18.9 Å². The van der Waals surface area contributed by atoms with Crippen molar-refractivity contribution < 1.29 is 38.4 Å². The van der Waals surface area contributed by atoms with Crippen LogP contribution in [0, 0.1) is 0 Å². The molecule has 0 spiro atoms. The molecule has 1 N–H and O–H groups in total. The molecule has 0 unspecified atom stereocenters. The van der Waals surface area contributed by atoms with Gasteiger partial charge in [0.25, 0.3) is 11.7 Å². The Kier molecular flexibility index (Phi) is 8.20. The van der Waals surface area contributed by atoms with Crippen LogP contribution in [0.3, 0.4) is 0 Å². The summed E-state index contributed by atoms with van der Waals surface area (Å²) in [5, 5.41) is 11.4. The molecule has 10 heteroatoms. The molecule has 2 aliphatic rings. The highest BCUT2D eigenvalue weighted by atomic mass is 16.5. The topological polar surface area (TPSA) is 107 Å². The Bertz CT molecular complexity index is 1190. The fourth-order valence-electron chi connectivity index (χ4n) is 4.69. The zero-order valence-electron chi connectivity index (χ0n) is 21.5. The SMILES string of the molecule is COc1ccc(C(O)=C2C(=O)C(=O)N(CCN3CCOCC3)[C@@H]2c2ccc(OC)c(OC)c2)cc1OC. The Morgan fingerprint density at radius 1 is 0.865 bits per heavy atom. The summed E-state index contributed by atoms with van der Waals surface area (Å²) in [4.78, 5) is 30.4. The largest absolute Gasteiger partial charge is 0.507 e. The van der Waals surface area contributed by atoms with E-state index in [-0.39, 0.29) is 11.3 Å². The summed E-state index contributed by atoms with van der Waals surface area (Å²) >= 11 is 0. The number of morpholine rings is 1. The number of hydrogen-bond donors (Lipinski definition) is 1. The number of likely N-dealkylation sites (tertiary alicyclic amines) is 1. The first-order chi connectivity index (χ1) is 17.9. The first kappa shape index (κ1) is 26.3. The van der Waals surface area contributed by atoms with Crippen molar-refractivity contribution >= 4 is 17.4 Å². The van der Waals surface area contributed by atoms with Gasteiger partial charge < -0.3 is 33.7 Å². The van der Waals surface area contributed by atoms with Crippen molar-refractivity contribution in [1.82, 2.24) is 9.80 Å². The zero-order chi connectivity index (χ0) is 26.5. The van der Waals surface area contributed by atoms with Crippen LogP contribution in [0.1, 0.15) is 17.2 Å². The number of aliphatic hydroxyl groups is 1. The molecule has 1 amide bonds. The second-order valence-corrected chi connectivity index (χ2v) is 8.63. The number of rotatable bonds is 9. The Balaban J connectivity index is 1.80. The molecule has 2 aliphatic heterocycles. The molecule has 198 valence electrons. The molecular formula is C27H32N2O8. The number of aliphatic hydroxyl groups excluding tert-OH is 1. The number of methoxy groups -OCH3 is 4. The maximum atomic E-state index is 13.4. The van der Waals surface area contributed by atoms with Crippen molar-refractivity contribution in [2.45, 2.75) is 6.04 Å². The molecule has 0 aliphatic carbocycles. The van der Waals surface area contributed by atoms with Crippen molar-refractivity contribution in [2.75, 3.05) is 67.8 Å². The van der Waals surface area contributed by atoms with E-state index in [2.05, 4.69) is 4.90 Å². The van der Waals surface area contributed by atoms with E-state index < -0.39 is 17.7 Å². The molecule has 0 bridgehead atoms. The summed E-state index contributed by atoms with van der Waals surface area (Å²) in [5.74, 6) is 0.0931. The third-order valence-electron chi connectivity index (χ3n) is 6.68. The molecule has 0 saturated carbocycles. The lowest BCUT2D eigenvalue weighted by atomic mass is 9.94. The summed E-state index contributed by atoms with van der Waals surface area (Å²) in [7, 11) is 6.04. The smallest absolute Gasteiger partial charge is 0.295 e. The van der Waals surface area contributed by atoms with Crippen molar-refractivity contribution in [3.05, 3.63) is 53.1 Å². The van der Waals surface area contributed by atoms with Gasteiger partial charge in [0.05, 0.1) is 53.3 Å². The standard InChI is InChI=1S/C27H32N2O8/c1-33-19-7-5-17(15-21(19)35-3)24-23(25(30)18-6-8-20(34-2)22(16-18)36-4)26(31)27(32)29(24)10-9-28-11-13-37-14-12-28/h5-8,15-16,24,30H,9-14H2,1-4H3/t24-/m1/s1. The minimum absolute atomic E-state index is 0.00795. The molecule has 37 heavy (non-hydrogen) atoms. The predicted octanol–water partition coefficient (Wildman–Crippen LogP) is 2.47. The first-order valence-electron chi connectivity index (χ1n) is 12.0. The number of carbonyl (C=O) groups is 2. The molecule has 2 aromatic rings. The highest BCUT2D eigenvalue weighted by Crippen LogP contribution is 2.42. The second kappa shape index (κ2) is 11.5. The Morgan fingerprint density at radius 2 is 1.46 bits per heavy atom. The lowest BCUT2D eigenvalue weighted by Gasteiger charge is -2.31. The van der Waals surface area contributed by atoms with Crippen LogP contribution in [0.25, 0.3) is 5.76 Å². The van der Waals surface area contributed by atoms with Gasteiger partial charge in [-0.05, 0) is 35.9 Å². The van der Waals surface area contributed by atoms with Crippen LogP contribution in [0.2, 0.25) is 0 Å². The van der Waals surface area contributed by atoms with Gasteiger partial charge in [-0.15, -0.1) is 0 Å². The number of ether oxygens (including phenoxy) is 5. The van der Waals surface area contributed by atoms with Crippen LogP contribution in [0.4, 0.5) is 0 Å². The highest BCUT2D eigenvalue weighted by Gasteiger charge is 2.46. The second-order valence-electron chi connectivity index (χ2n) is 8.63. The Morgan fingerprint density at radius 3 is 2.08 bits per heavy atom. The fourth-order valence-corrected chi connectivity index (χ4v) is 4.69. The van der Waals surface area contributed by atoms with E-state index in [0.29, 0.717) is 60.4 Å². The normalized spacial score (nSPS) is 19.7. The maximum absolute atomic E-state index is 13.4. The third-order valence-corrected chi connectivity index (χ3v) is 6.68. The summed E-state index contributed by atoms with van der Waals surface area (Å²) in [5.41, 5.74) is 0.932. The van der Waals surface area contributed by atoms with Gasteiger partial charge in [0.2, 0.25) is 0 Å². The number of ketones is 1. The summed E-state index contributed by atoms with van der Waals surface area (Å²) in [6.45, 7) is 3.60. The Labute approximate surface area is 215 Å². The monoisotopic (exact) mass is 512 g/mol. The van der Waals surface area contributed by atoms with Crippen LogP contribution in [-0.4, -0.2) is 94.4 Å². The van der Waals surface area contributed by atoms with Crippen LogP contribution >= 0.6 is 0 Å². The van der Waals surface area contributed by atoms with Crippen molar-refractivity contribution in [3.63, 3.8) is 0 Å². The number of Topliss-reactive ketones (excluding diaryl/α,β-unsaturated/α-hetero) is 1. The predicted molar refractivity (Wildman–Crippen MR) is 135 cm³/mol. The van der Waals surface area contributed by atoms with E-state index in [9.17, 15) is 14.7 Å². The van der Waals surface area contributed by atoms with Gasteiger partial charge in [-0.1, -0.05) is 6.07 Å². The van der Waals surface area contributed by atoms with E-state index in [4.69, 9.17) is 23.7 Å². The van der Waals surface area contributed by atoms with E-state index in [1.807, 2.05) is 0 Å². The van der Waals surface area contributed by atoms with Crippen molar-refractivity contribution in [1.29, 1.82) is 0 Å². The van der Waals surface area contributed by atoms with Crippen LogP contribution in [0.15, 0.2) is 42.0 Å². The van der Waals surface area contributed by atoms with Crippen molar-refractivity contribution in [2.24, 2.45) is 0 Å². The fraction of sp³-hybridized carbons (Fsp3) is 0.407. The summed E-state index contributed by atoms with van der Waals surface area (Å²) in [6.07, 6.45) is 0. The molecule has 0 aromatic heterocycles. The van der Waals surface area contributed by atoms with Crippen molar-refractivity contribution in [3.8, 4) is 23.0 Å². The molecule has 2 fully saturated rings. The number of benzene rings is 2. The van der Waals surface area contributed by atoms with Gasteiger partial charge in [0.1, 0.15) is 5.76 Å². The average molecular weight is 513 g/mol. The molecule has 2 saturated heterocycles. The molecule has 2 heterocycles. The zero-order valence-corrected chi connectivity index (χ0v) is 21.5. The van der Waals surface area contributed by atoms with Gasteiger partial charge in [-0.3, -0.25) is 14.5 Å². The number of nitrogens with zero attached hydrogens (tertiary/aromatic N) is 2. The molecule has 1 atom stereocenters.